The molecule has 8 heteroatoms. The average molecular weight is 371 g/mol. The molecule has 144 valence electrons. The summed E-state index contributed by atoms with van der Waals surface area (Å²) in [6.45, 7) is 4.85. The summed E-state index contributed by atoms with van der Waals surface area (Å²) in [5.41, 5.74) is -0.537. The van der Waals surface area contributed by atoms with Gasteiger partial charge in [0.05, 0.1) is 19.1 Å². The van der Waals surface area contributed by atoms with Gasteiger partial charge in [-0.2, -0.15) is 0 Å². The van der Waals surface area contributed by atoms with Crippen LogP contribution in [0.1, 0.15) is 31.5 Å². The minimum absolute atomic E-state index is 0.0664. The summed E-state index contributed by atoms with van der Waals surface area (Å²) in [4.78, 5) is 39.8. The molecule has 0 N–H and O–H groups in total. The molecule has 4 fully saturated rings. The smallest absolute Gasteiger partial charge is 0.411 e. The van der Waals surface area contributed by atoms with Crippen LogP contribution < -0.4 is 4.90 Å². The van der Waals surface area contributed by atoms with Gasteiger partial charge in [-0.3, -0.25) is 9.69 Å². The second-order valence-corrected chi connectivity index (χ2v) is 8.23. The van der Waals surface area contributed by atoms with Crippen LogP contribution in [-0.2, 0) is 9.53 Å². The molecule has 4 heterocycles. The molecule has 4 aliphatic rings. The van der Waals surface area contributed by atoms with Crippen molar-refractivity contribution in [1.82, 2.24) is 19.8 Å². The number of carbonyl (C=O) groups excluding carboxylic acids is 2. The highest BCUT2D eigenvalue weighted by Gasteiger charge is 2.62. The van der Waals surface area contributed by atoms with E-state index in [1.54, 1.807) is 6.20 Å². The number of amides is 2. The third-order valence-corrected chi connectivity index (χ3v) is 6.53. The first-order valence-corrected chi connectivity index (χ1v) is 9.89. The van der Waals surface area contributed by atoms with Crippen molar-refractivity contribution < 1.29 is 14.3 Å². The molecule has 2 amide bonds. The molecule has 1 aliphatic carbocycles. The summed E-state index contributed by atoms with van der Waals surface area (Å²) in [5.74, 6) is 2.03. The Hall–Kier alpha value is -2.38. The van der Waals surface area contributed by atoms with E-state index >= 15 is 0 Å². The number of fused-ring (bicyclic) bond motifs is 2. The van der Waals surface area contributed by atoms with Crippen molar-refractivity contribution in [3.05, 3.63) is 18.1 Å². The minimum atomic E-state index is -0.537. The highest BCUT2D eigenvalue weighted by atomic mass is 16.6. The van der Waals surface area contributed by atoms with E-state index in [-0.39, 0.29) is 24.0 Å². The molecule has 1 aromatic heterocycles. The van der Waals surface area contributed by atoms with Crippen molar-refractivity contribution in [2.24, 2.45) is 5.92 Å². The maximum absolute atomic E-state index is 12.9. The highest BCUT2D eigenvalue weighted by molar-refractivity contribution is 5.80. The number of anilines is 1. The van der Waals surface area contributed by atoms with Gasteiger partial charge in [0, 0.05) is 31.7 Å². The zero-order chi connectivity index (χ0) is 18.6. The molecule has 1 saturated carbocycles. The van der Waals surface area contributed by atoms with Crippen LogP contribution in [0.4, 0.5) is 10.6 Å². The lowest BCUT2D eigenvalue weighted by Gasteiger charge is -2.51. The molecule has 8 nitrogen and oxygen atoms in total. The maximum Gasteiger partial charge on any atom is 0.411 e. The molecule has 5 rings (SSSR count). The number of nitrogens with zero attached hydrogens (tertiary/aromatic N) is 5. The largest absolute Gasteiger partial charge is 0.437 e. The molecule has 1 unspecified atom stereocenters. The second kappa shape index (κ2) is 6.07. The Morgan fingerprint density at radius 2 is 2.04 bits per heavy atom. The molecule has 3 saturated heterocycles. The summed E-state index contributed by atoms with van der Waals surface area (Å²) in [6, 6.07) is 1.81. The van der Waals surface area contributed by atoms with E-state index in [9.17, 15) is 9.59 Å². The van der Waals surface area contributed by atoms with Gasteiger partial charge >= 0.3 is 6.09 Å². The fourth-order valence-electron chi connectivity index (χ4n) is 5.04. The SMILES string of the molecule is Cc1nccc(N2CC3(C2)OC(=O)N2CCN(C(=O)C4CCCC4)CC23)n1. The van der Waals surface area contributed by atoms with Crippen LogP contribution in [0.5, 0.6) is 0 Å². The standard InChI is InChI=1S/C19H25N5O3/c1-13-20-7-6-16(21-13)23-11-19(12-23)15-10-22(8-9-24(15)18(26)27-19)17(25)14-4-2-3-5-14/h6-7,14-15H,2-5,8-12H2,1H3. The van der Waals surface area contributed by atoms with Gasteiger partial charge in [0.1, 0.15) is 11.6 Å². The fourth-order valence-corrected chi connectivity index (χ4v) is 5.04. The number of aryl methyl sites for hydroxylation is 1. The first-order valence-electron chi connectivity index (χ1n) is 9.89. The molecule has 27 heavy (non-hydrogen) atoms. The van der Waals surface area contributed by atoms with Gasteiger partial charge in [0.2, 0.25) is 5.91 Å². The first-order chi connectivity index (χ1) is 13.1. The van der Waals surface area contributed by atoms with Gasteiger partial charge in [-0.25, -0.2) is 14.8 Å². The predicted octanol–water partition coefficient (Wildman–Crippen LogP) is 1.20. The van der Waals surface area contributed by atoms with Crippen LogP contribution in [0.15, 0.2) is 12.3 Å². The predicted molar refractivity (Wildman–Crippen MR) is 97.2 cm³/mol. The molecule has 3 aliphatic heterocycles. The number of hydrogen-bond acceptors (Lipinski definition) is 6. The molecule has 1 aromatic rings. The number of hydrogen-bond donors (Lipinski definition) is 0. The van der Waals surface area contributed by atoms with E-state index in [4.69, 9.17) is 4.74 Å². The zero-order valence-corrected chi connectivity index (χ0v) is 15.6. The van der Waals surface area contributed by atoms with Crippen molar-refractivity contribution in [2.45, 2.75) is 44.2 Å². The molecular formula is C19H25N5O3. The van der Waals surface area contributed by atoms with Crippen LogP contribution in [0.3, 0.4) is 0 Å². The maximum atomic E-state index is 12.9. The van der Waals surface area contributed by atoms with E-state index in [2.05, 4.69) is 14.9 Å². The lowest BCUT2D eigenvalue weighted by molar-refractivity contribution is -0.138. The van der Waals surface area contributed by atoms with Crippen LogP contribution in [-0.4, -0.2) is 76.1 Å². The van der Waals surface area contributed by atoms with Gasteiger partial charge < -0.3 is 14.5 Å². The Bertz CT molecular complexity index is 772. The normalized spacial score (nSPS) is 26.9. The van der Waals surface area contributed by atoms with Gasteiger partial charge in [0.15, 0.2) is 5.60 Å². The van der Waals surface area contributed by atoms with E-state index in [1.165, 1.54) is 0 Å². The van der Waals surface area contributed by atoms with E-state index < -0.39 is 5.60 Å². The summed E-state index contributed by atoms with van der Waals surface area (Å²) in [5, 5.41) is 0. The van der Waals surface area contributed by atoms with Gasteiger partial charge in [-0.1, -0.05) is 12.8 Å². The van der Waals surface area contributed by atoms with Crippen LogP contribution in [0.25, 0.3) is 0 Å². The summed E-state index contributed by atoms with van der Waals surface area (Å²) >= 11 is 0. The van der Waals surface area contributed by atoms with Gasteiger partial charge in [-0.05, 0) is 25.8 Å². The average Bonchev–Trinajstić information content (AvgIpc) is 3.26. The third-order valence-electron chi connectivity index (χ3n) is 6.53. The van der Waals surface area contributed by atoms with Crippen molar-refractivity contribution in [3.8, 4) is 0 Å². The minimum Gasteiger partial charge on any atom is -0.437 e. The van der Waals surface area contributed by atoms with Gasteiger partial charge in [-0.15, -0.1) is 0 Å². The fraction of sp³-hybridized carbons (Fsp3) is 0.684. The summed E-state index contributed by atoms with van der Waals surface area (Å²) in [6.07, 6.45) is 5.82. The Kier molecular flexibility index (Phi) is 3.77. The lowest BCUT2D eigenvalue weighted by atomic mass is 9.84. The monoisotopic (exact) mass is 371 g/mol. The molecular weight excluding hydrogens is 346 g/mol. The number of piperazine rings is 1. The van der Waals surface area contributed by atoms with Crippen LogP contribution in [0.2, 0.25) is 0 Å². The quantitative estimate of drug-likeness (QED) is 0.777. The molecule has 0 aromatic carbocycles. The van der Waals surface area contributed by atoms with Crippen molar-refractivity contribution in [3.63, 3.8) is 0 Å². The Labute approximate surface area is 158 Å². The first kappa shape index (κ1) is 16.8. The molecule has 1 spiro atoms. The number of rotatable bonds is 2. The third kappa shape index (κ3) is 2.64. The Balaban J connectivity index is 1.31. The Morgan fingerprint density at radius 1 is 1.26 bits per heavy atom. The number of aromatic nitrogens is 2. The van der Waals surface area contributed by atoms with Crippen LogP contribution >= 0.6 is 0 Å². The highest BCUT2D eigenvalue weighted by Crippen LogP contribution is 2.41. The topological polar surface area (TPSA) is 78.9 Å². The Morgan fingerprint density at radius 3 is 2.78 bits per heavy atom. The summed E-state index contributed by atoms with van der Waals surface area (Å²) < 4.78 is 5.83. The van der Waals surface area contributed by atoms with Crippen LogP contribution in [0, 0.1) is 12.8 Å². The van der Waals surface area contributed by atoms with E-state index in [0.717, 1.165) is 37.3 Å². The molecule has 0 radical (unpaired) electrons. The van der Waals surface area contributed by atoms with Crippen molar-refractivity contribution in [1.29, 1.82) is 0 Å². The number of carbonyl (C=O) groups is 2. The van der Waals surface area contributed by atoms with E-state index in [1.807, 2.05) is 22.8 Å². The zero-order valence-electron chi connectivity index (χ0n) is 15.6. The van der Waals surface area contributed by atoms with Crippen molar-refractivity contribution in [2.75, 3.05) is 37.6 Å². The summed E-state index contributed by atoms with van der Waals surface area (Å²) in [7, 11) is 0. The lowest BCUT2D eigenvalue weighted by Crippen LogP contribution is -2.71. The second-order valence-electron chi connectivity index (χ2n) is 8.23. The van der Waals surface area contributed by atoms with E-state index in [0.29, 0.717) is 32.7 Å². The number of ether oxygens (including phenoxy) is 1. The molecule has 0 bridgehead atoms. The molecule has 1 atom stereocenters. The van der Waals surface area contributed by atoms with Crippen molar-refractivity contribution >= 4 is 17.8 Å². The van der Waals surface area contributed by atoms with Gasteiger partial charge in [0.25, 0.3) is 0 Å².